The zero-order chi connectivity index (χ0) is 19.7. The number of hydrogen-bond acceptors (Lipinski definition) is 4. The molecule has 28 heavy (non-hydrogen) atoms. The van der Waals surface area contributed by atoms with Crippen molar-refractivity contribution in [3.63, 3.8) is 0 Å². The molecular formula is C20H15BrFN3O2S. The molecule has 142 valence electrons. The monoisotopic (exact) mass is 459 g/mol. The highest BCUT2D eigenvalue weighted by Gasteiger charge is 2.33. The second kappa shape index (κ2) is 7.81. The van der Waals surface area contributed by atoms with Gasteiger partial charge < -0.3 is 5.32 Å². The van der Waals surface area contributed by atoms with Crippen LogP contribution in [0.1, 0.15) is 33.3 Å². The van der Waals surface area contributed by atoms with E-state index < -0.39 is 5.82 Å². The summed E-state index contributed by atoms with van der Waals surface area (Å²) in [4.78, 5) is 30.4. The van der Waals surface area contributed by atoms with Crippen molar-refractivity contribution in [2.24, 2.45) is 0 Å². The van der Waals surface area contributed by atoms with Crippen molar-refractivity contribution < 1.29 is 14.0 Å². The molecule has 4 rings (SSSR count). The Morgan fingerprint density at radius 1 is 1.07 bits per heavy atom. The van der Waals surface area contributed by atoms with E-state index in [-0.39, 0.29) is 17.7 Å². The van der Waals surface area contributed by atoms with Crippen molar-refractivity contribution in [3.8, 4) is 0 Å². The Morgan fingerprint density at radius 2 is 1.79 bits per heavy atom. The largest absolute Gasteiger partial charge is 0.326 e. The van der Waals surface area contributed by atoms with Crippen LogP contribution in [0.2, 0.25) is 0 Å². The van der Waals surface area contributed by atoms with Gasteiger partial charge in [0.2, 0.25) is 5.91 Å². The Balaban J connectivity index is 1.46. The molecule has 2 aromatic carbocycles. The summed E-state index contributed by atoms with van der Waals surface area (Å²) in [6, 6.07) is 12.7. The molecule has 0 spiro atoms. The number of rotatable bonds is 4. The number of hydrogen-bond donors (Lipinski definition) is 2. The van der Waals surface area contributed by atoms with Crippen molar-refractivity contribution in [1.82, 2.24) is 4.98 Å². The molecular weight excluding hydrogens is 445 g/mol. The molecule has 3 aromatic rings. The van der Waals surface area contributed by atoms with Gasteiger partial charge in [0, 0.05) is 20.6 Å². The number of carbonyl (C=O) groups excluding carboxylic acids is 2. The molecule has 1 aromatic heterocycles. The van der Waals surface area contributed by atoms with Gasteiger partial charge in [-0.3, -0.25) is 14.9 Å². The van der Waals surface area contributed by atoms with Crippen LogP contribution in [0.3, 0.4) is 0 Å². The van der Waals surface area contributed by atoms with Gasteiger partial charge in [-0.05, 0) is 61.4 Å². The zero-order valence-electron chi connectivity index (χ0n) is 14.5. The average molecular weight is 460 g/mol. The maximum absolute atomic E-state index is 13.0. The number of thiazole rings is 1. The molecule has 2 N–H and O–H groups in total. The van der Waals surface area contributed by atoms with E-state index in [0.717, 1.165) is 21.5 Å². The molecule has 0 saturated heterocycles. The van der Waals surface area contributed by atoms with E-state index >= 15 is 0 Å². The first-order valence-electron chi connectivity index (χ1n) is 8.62. The third kappa shape index (κ3) is 3.98. The number of nitrogens with zero attached hydrogens (tertiary/aromatic N) is 1. The summed E-state index contributed by atoms with van der Waals surface area (Å²) in [6.45, 7) is 0. The molecule has 0 fully saturated rings. The molecule has 0 radical (unpaired) electrons. The van der Waals surface area contributed by atoms with Gasteiger partial charge in [0.1, 0.15) is 5.82 Å². The predicted molar refractivity (Wildman–Crippen MR) is 110 cm³/mol. The molecule has 0 bridgehead atoms. The normalized spacial score (nSPS) is 15.1. The van der Waals surface area contributed by atoms with Crippen LogP contribution in [0.5, 0.6) is 0 Å². The highest BCUT2D eigenvalue weighted by Crippen LogP contribution is 2.39. The maximum atomic E-state index is 13.0. The molecule has 8 heteroatoms. The lowest BCUT2D eigenvalue weighted by Crippen LogP contribution is -2.20. The first-order valence-corrected chi connectivity index (χ1v) is 10.2. The maximum Gasteiger partial charge on any atom is 0.257 e. The van der Waals surface area contributed by atoms with Crippen LogP contribution in [0, 0.1) is 5.82 Å². The van der Waals surface area contributed by atoms with E-state index in [0.29, 0.717) is 22.8 Å². The highest BCUT2D eigenvalue weighted by atomic mass is 79.9. The van der Waals surface area contributed by atoms with Crippen LogP contribution in [-0.4, -0.2) is 16.8 Å². The Bertz CT molecular complexity index is 1030. The van der Waals surface area contributed by atoms with E-state index in [2.05, 4.69) is 31.5 Å². The van der Waals surface area contributed by atoms with Gasteiger partial charge in [-0.15, -0.1) is 11.3 Å². The number of aryl methyl sites for hydroxylation is 1. The fourth-order valence-corrected chi connectivity index (χ4v) is 4.37. The van der Waals surface area contributed by atoms with Crippen molar-refractivity contribution in [1.29, 1.82) is 0 Å². The first-order chi connectivity index (χ1) is 13.5. The summed E-state index contributed by atoms with van der Waals surface area (Å²) < 4.78 is 13.9. The number of nitrogens with one attached hydrogen (secondary N) is 2. The lowest BCUT2D eigenvalue weighted by Gasteiger charge is -2.11. The number of carbonyl (C=O) groups is 2. The Kier molecular flexibility index (Phi) is 5.23. The number of amides is 2. The van der Waals surface area contributed by atoms with Crippen LogP contribution in [-0.2, 0) is 11.2 Å². The lowest BCUT2D eigenvalue weighted by atomic mass is 10.1. The van der Waals surface area contributed by atoms with Crippen molar-refractivity contribution in [2.45, 2.75) is 18.8 Å². The molecule has 1 aliphatic rings. The second-order valence-corrected chi connectivity index (χ2v) is 8.38. The molecule has 0 aliphatic heterocycles. The quantitative estimate of drug-likeness (QED) is 0.578. The topological polar surface area (TPSA) is 71.1 Å². The summed E-state index contributed by atoms with van der Waals surface area (Å²) in [5.41, 5.74) is 1.79. The van der Waals surface area contributed by atoms with Gasteiger partial charge in [-0.1, -0.05) is 15.9 Å². The molecule has 1 heterocycles. The number of benzene rings is 2. The van der Waals surface area contributed by atoms with Crippen molar-refractivity contribution in [2.75, 3.05) is 10.6 Å². The Morgan fingerprint density at radius 3 is 2.50 bits per heavy atom. The van der Waals surface area contributed by atoms with Crippen LogP contribution in [0.4, 0.5) is 15.2 Å². The SMILES string of the molecule is O=C(Nc1nc2c(s1)CCC2C(=O)Nc1ccc(Br)cc1)c1ccc(F)cc1. The fourth-order valence-electron chi connectivity index (χ4n) is 3.07. The second-order valence-electron chi connectivity index (χ2n) is 6.38. The molecule has 5 nitrogen and oxygen atoms in total. The van der Waals surface area contributed by atoms with Gasteiger partial charge in [0.05, 0.1) is 11.6 Å². The Hall–Kier alpha value is -2.58. The van der Waals surface area contributed by atoms with Gasteiger partial charge in [0.15, 0.2) is 5.13 Å². The summed E-state index contributed by atoms with van der Waals surface area (Å²) in [7, 11) is 0. The summed E-state index contributed by atoms with van der Waals surface area (Å²) in [6.07, 6.45) is 1.44. The number of fused-ring (bicyclic) bond motifs is 1. The predicted octanol–water partition coefficient (Wildman–Crippen LogP) is 4.97. The summed E-state index contributed by atoms with van der Waals surface area (Å²) in [5, 5.41) is 6.09. The average Bonchev–Trinajstić information content (AvgIpc) is 3.24. The minimum Gasteiger partial charge on any atom is -0.326 e. The number of anilines is 2. The van der Waals surface area contributed by atoms with E-state index in [1.807, 2.05) is 24.3 Å². The van der Waals surface area contributed by atoms with Crippen molar-refractivity contribution >= 4 is 49.9 Å². The fraction of sp³-hybridized carbons (Fsp3) is 0.150. The van der Waals surface area contributed by atoms with Crippen LogP contribution in [0.25, 0.3) is 0 Å². The minimum atomic E-state index is -0.399. The summed E-state index contributed by atoms with van der Waals surface area (Å²) >= 11 is 4.74. The van der Waals surface area contributed by atoms with E-state index in [4.69, 9.17) is 0 Å². The summed E-state index contributed by atoms with van der Waals surface area (Å²) in [5.74, 6) is -1.21. The molecule has 1 aliphatic carbocycles. The minimum absolute atomic E-state index is 0.109. The third-order valence-electron chi connectivity index (χ3n) is 4.47. The highest BCUT2D eigenvalue weighted by molar-refractivity contribution is 9.10. The Labute approximate surface area is 173 Å². The van der Waals surface area contributed by atoms with Gasteiger partial charge in [0.25, 0.3) is 5.91 Å². The van der Waals surface area contributed by atoms with Crippen LogP contribution in [0.15, 0.2) is 53.0 Å². The molecule has 0 saturated carbocycles. The van der Waals surface area contributed by atoms with Crippen molar-refractivity contribution in [3.05, 3.63) is 75.0 Å². The van der Waals surface area contributed by atoms with Crippen LogP contribution < -0.4 is 10.6 Å². The van der Waals surface area contributed by atoms with E-state index in [1.165, 1.54) is 35.6 Å². The molecule has 1 unspecified atom stereocenters. The smallest absolute Gasteiger partial charge is 0.257 e. The van der Waals surface area contributed by atoms with Crippen LogP contribution >= 0.6 is 27.3 Å². The standard InChI is InChI=1S/C20H15BrFN3O2S/c21-12-3-7-14(8-4-12)23-19(27)15-9-10-16-17(15)24-20(28-16)25-18(26)11-1-5-13(22)6-2-11/h1-8,15H,9-10H2,(H,23,27)(H,24,25,26). The van der Waals surface area contributed by atoms with Gasteiger partial charge in [-0.2, -0.15) is 0 Å². The number of aromatic nitrogens is 1. The van der Waals surface area contributed by atoms with E-state index in [9.17, 15) is 14.0 Å². The van der Waals surface area contributed by atoms with Gasteiger partial charge in [-0.25, -0.2) is 9.37 Å². The van der Waals surface area contributed by atoms with E-state index in [1.54, 1.807) is 0 Å². The number of halogens is 2. The first kappa shape index (κ1) is 18.8. The third-order valence-corrected chi connectivity index (χ3v) is 6.05. The zero-order valence-corrected chi connectivity index (χ0v) is 16.9. The molecule has 1 atom stereocenters. The van der Waals surface area contributed by atoms with Gasteiger partial charge >= 0.3 is 0 Å². The lowest BCUT2D eigenvalue weighted by molar-refractivity contribution is -0.117. The molecule has 2 amide bonds.